The van der Waals surface area contributed by atoms with Crippen molar-refractivity contribution in [3.63, 3.8) is 0 Å². The van der Waals surface area contributed by atoms with Crippen LogP contribution in [0.25, 0.3) is 16.8 Å². The third kappa shape index (κ3) is 3.15. The van der Waals surface area contributed by atoms with E-state index in [1.54, 1.807) is 18.5 Å². The van der Waals surface area contributed by atoms with Crippen molar-refractivity contribution in [3.8, 4) is 0 Å². The Labute approximate surface area is 207 Å². The van der Waals surface area contributed by atoms with E-state index in [2.05, 4.69) is 33.1 Å². The molecular weight excluding hydrogens is 501 g/mol. The summed E-state index contributed by atoms with van der Waals surface area (Å²) in [6.45, 7) is 0. The van der Waals surface area contributed by atoms with Gasteiger partial charge in [0.25, 0.3) is 0 Å². The van der Waals surface area contributed by atoms with Crippen molar-refractivity contribution in [1.82, 2.24) is 9.97 Å². The fourth-order valence-electron chi connectivity index (χ4n) is 4.88. The first-order chi connectivity index (χ1) is 17.2. The molecule has 0 saturated heterocycles. The molecule has 0 atom stereocenters. The van der Waals surface area contributed by atoms with Gasteiger partial charge in [-0.15, -0.1) is 0 Å². The van der Waals surface area contributed by atoms with Crippen LogP contribution in [0.4, 0.5) is 16.2 Å². The molecule has 6 heteroatoms. The molecule has 0 spiro atoms. The first-order valence-corrected chi connectivity index (χ1v) is 13.0. The van der Waals surface area contributed by atoms with E-state index < -0.39 is 0 Å². The van der Waals surface area contributed by atoms with Gasteiger partial charge in [0.15, 0.2) is 0 Å². The molecule has 5 aromatic rings. The van der Waals surface area contributed by atoms with Gasteiger partial charge in [0.1, 0.15) is 0 Å². The molecule has 0 bridgehead atoms. The Hall–Kier alpha value is -4.12. The van der Waals surface area contributed by atoms with Crippen LogP contribution in [0.2, 0.25) is 0 Å². The van der Waals surface area contributed by atoms with Gasteiger partial charge < -0.3 is 0 Å². The fourth-order valence-corrected chi connectivity index (χ4v) is 6.88. The van der Waals surface area contributed by atoms with Gasteiger partial charge in [-0.3, -0.25) is 0 Å². The van der Waals surface area contributed by atoms with E-state index in [1.807, 2.05) is 54.6 Å². The van der Waals surface area contributed by atoms with Gasteiger partial charge in [0.05, 0.1) is 0 Å². The quantitative estimate of drug-likeness (QED) is 0.172. The van der Waals surface area contributed by atoms with Crippen molar-refractivity contribution in [1.29, 1.82) is 0 Å². The average molecular weight is 518 g/mol. The zero-order chi connectivity index (χ0) is 23.5. The van der Waals surface area contributed by atoms with Crippen LogP contribution in [0.15, 0.2) is 90.8 Å². The Morgan fingerprint density at radius 1 is 0.743 bits per heavy atom. The van der Waals surface area contributed by atoms with E-state index in [4.69, 9.17) is 0 Å². The van der Waals surface area contributed by atoms with Gasteiger partial charge in [0.2, 0.25) is 0 Å². The zero-order valence-corrected chi connectivity index (χ0v) is 20.1. The molecule has 1 aliphatic heterocycles. The molecule has 3 aromatic heterocycles. The number of anilines is 3. The normalized spacial score (nSPS) is 14.2. The number of ketones is 2. The van der Waals surface area contributed by atoms with Crippen LogP contribution in [0.3, 0.4) is 0 Å². The van der Waals surface area contributed by atoms with E-state index in [0.29, 0.717) is 11.1 Å². The summed E-state index contributed by atoms with van der Waals surface area (Å²) in [5, 5.41) is 1.92. The molecular formula is C29H17N3O2Se. The maximum absolute atomic E-state index is 13.2. The molecule has 4 heterocycles. The van der Waals surface area contributed by atoms with Gasteiger partial charge in [-0.25, -0.2) is 0 Å². The number of carbonyl (C=O) groups is 2. The Balaban J connectivity index is 1.30. The molecule has 2 aromatic carbocycles. The number of allylic oxidation sites excluding steroid dienone is 1. The molecule has 0 N–H and O–H groups in total. The summed E-state index contributed by atoms with van der Waals surface area (Å²) in [7, 11) is 0. The number of aromatic nitrogens is 2. The second kappa shape index (κ2) is 7.70. The minimum atomic E-state index is -0.196. The molecule has 35 heavy (non-hydrogen) atoms. The van der Waals surface area contributed by atoms with Crippen LogP contribution >= 0.6 is 0 Å². The van der Waals surface area contributed by atoms with Gasteiger partial charge in [-0.05, 0) is 0 Å². The maximum atomic E-state index is 13.2. The zero-order valence-electron chi connectivity index (χ0n) is 18.4. The molecule has 166 valence electrons. The summed E-state index contributed by atoms with van der Waals surface area (Å²) in [5.74, 6) is 1.39. The summed E-state index contributed by atoms with van der Waals surface area (Å²) in [4.78, 5) is 37.8. The van der Waals surface area contributed by atoms with E-state index >= 15 is 0 Å². The molecule has 5 nitrogen and oxygen atoms in total. The Bertz CT molecular complexity index is 1630. The Morgan fingerprint density at radius 3 is 1.94 bits per heavy atom. The minimum absolute atomic E-state index is 0.117. The third-order valence-electron chi connectivity index (χ3n) is 6.52. The van der Waals surface area contributed by atoms with Gasteiger partial charge in [-0.2, -0.15) is 0 Å². The number of hydrogen-bond donors (Lipinski definition) is 0. The standard InChI is InChI=1S/C29H17N3O2Se/c33-26-22-14-17-5-1-2-6-18(17)15-23(22)27(34)24(26)16-21-9-10-25(35-21)32-28-19(7-3-11-30-28)13-20-8-4-12-31-29(20)32/h1-12,14-16H,13H2. The van der Waals surface area contributed by atoms with E-state index in [0.717, 1.165) is 49.0 Å². The van der Waals surface area contributed by atoms with Gasteiger partial charge >= 0.3 is 207 Å². The second-order valence-electron chi connectivity index (χ2n) is 8.62. The summed E-state index contributed by atoms with van der Waals surface area (Å²) in [6.07, 6.45) is 6.18. The third-order valence-corrected chi connectivity index (χ3v) is 8.66. The fraction of sp³-hybridized carbons (Fsp3) is 0.0345. The number of hydrogen-bond acceptors (Lipinski definition) is 5. The van der Waals surface area contributed by atoms with Crippen molar-refractivity contribution >= 4 is 59.1 Å². The molecule has 0 radical (unpaired) electrons. The predicted molar refractivity (Wildman–Crippen MR) is 137 cm³/mol. The van der Waals surface area contributed by atoms with Crippen LogP contribution in [0.5, 0.6) is 0 Å². The van der Waals surface area contributed by atoms with Crippen molar-refractivity contribution < 1.29 is 9.59 Å². The SMILES string of the molecule is O=C1C(=Cc2ccc(N3c4ncccc4Cc4cccnc43)[se]2)C(=O)c2cc3ccccc3cc21. The number of carbonyl (C=O) groups excluding carboxylic acids is 2. The first-order valence-electron chi connectivity index (χ1n) is 11.3. The average Bonchev–Trinajstić information content (AvgIpc) is 3.44. The van der Waals surface area contributed by atoms with Crippen LogP contribution in [-0.2, 0) is 6.42 Å². The van der Waals surface area contributed by atoms with E-state index in [1.165, 1.54) is 0 Å². The van der Waals surface area contributed by atoms with Crippen LogP contribution in [0.1, 0.15) is 36.3 Å². The number of Topliss-reactive ketones (excluding diaryl/α,β-unsaturated/α-hetero) is 2. The molecule has 0 saturated carbocycles. The number of nitrogens with zero attached hydrogens (tertiary/aromatic N) is 3. The van der Waals surface area contributed by atoms with E-state index in [9.17, 15) is 9.59 Å². The summed E-state index contributed by atoms with van der Waals surface area (Å²) >= 11 is -0.117. The Kier molecular flexibility index (Phi) is 4.46. The molecule has 2 aliphatic rings. The van der Waals surface area contributed by atoms with Gasteiger partial charge in [-0.1, -0.05) is 0 Å². The van der Waals surface area contributed by atoms with Crippen molar-refractivity contribution in [2.24, 2.45) is 0 Å². The molecule has 7 rings (SSSR count). The summed E-state index contributed by atoms with van der Waals surface area (Å²) in [5.41, 5.74) is 3.53. The number of pyridine rings is 2. The monoisotopic (exact) mass is 519 g/mol. The van der Waals surface area contributed by atoms with Crippen LogP contribution < -0.4 is 4.90 Å². The second-order valence-corrected chi connectivity index (χ2v) is 10.9. The summed E-state index contributed by atoms with van der Waals surface area (Å²) < 4.78 is 2.05. The topological polar surface area (TPSA) is 63.2 Å². The van der Waals surface area contributed by atoms with E-state index in [-0.39, 0.29) is 31.6 Å². The summed E-state index contributed by atoms with van der Waals surface area (Å²) in [6, 6.07) is 23.6. The number of fused-ring (bicyclic) bond motifs is 4. The van der Waals surface area contributed by atoms with Crippen molar-refractivity contribution in [3.05, 3.63) is 117 Å². The van der Waals surface area contributed by atoms with Crippen molar-refractivity contribution in [2.45, 2.75) is 6.42 Å². The van der Waals surface area contributed by atoms with Crippen LogP contribution in [-0.4, -0.2) is 36.0 Å². The number of rotatable bonds is 2. The predicted octanol–water partition coefficient (Wildman–Crippen LogP) is 5.52. The molecule has 0 unspecified atom stereocenters. The number of benzene rings is 2. The first kappa shape index (κ1) is 20.3. The molecule has 0 amide bonds. The Morgan fingerprint density at radius 2 is 1.34 bits per heavy atom. The van der Waals surface area contributed by atoms with Gasteiger partial charge in [0, 0.05) is 0 Å². The van der Waals surface area contributed by atoms with Crippen molar-refractivity contribution in [2.75, 3.05) is 4.90 Å². The van der Waals surface area contributed by atoms with Crippen LogP contribution in [0, 0.1) is 0 Å². The molecule has 1 aliphatic carbocycles. The molecule has 0 fully saturated rings.